The highest BCUT2D eigenvalue weighted by Crippen LogP contribution is 2.40. The van der Waals surface area contributed by atoms with Crippen molar-refractivity contribution in [1.29, 1.82) is 0 Å². The molecule has 1 aliphatic heterocycles. The molecule has 0 saturated carbocycles. The Morgan fingerprint density at radius 3 is 2.66 bits per heavy atom. The van der Waals surface area contributed by atoms with Crippen LogP contribution in [0.1, 0.15) is 30.0 Å². The first-order chi connectivity index (χ1) is 13.8. The third-order valence-corrected chi connectivity index (χ3v) is 7.44. The molecule has 0 spiro atoms. The maximum Gasteiger partial charge on any atom is 0.282 e. The molecule has 158 valence electrons. The number of rotatable bonds is 7. The third-order valence-electron chi connectivity index (χ3n) is 5.14. The molecule has 0 amide bonds. The van der Waals surface area contributed by atoms with Crippen LogP contribution >= 0.6 is 11.6 Å². The molecule has 1 heterocycles. The number of halogens is 2. The minimum Gasteiger partial charge on any atom is -0.497 e. The molecule has 29 heavy (non-hydrogen) atoms. The highest BCUT2D eigenvalue weighted by atomic mass is 35.5. The van der Waals surface area contributed by atoms with Crippen molar-refractivity contribution in [2.24, 2.45) is 0 Å². The van der Waals surface area contributed by atoms with Gasteiger partial charge in [-0.3, -0.25) is 0 Å². The lowest BCUT2D eigenvalue weighted by Crippen LogP contribution is -2.41. The average molecular weight is 443 g/mol. The molecule has 9 heteroatoms. The summed E-state index contributed by atoms with van der Waals surface area (Å²) in [5.41, 5.74) is 0.921. The van der Waals surface area contributed by atoms with Crippen molar-refractivity contribution in [2.75, 3.05) is 27.8 Å². The SMILES string of the molecule is COc1ccc(C2CCCN2S(=O)(=O)N(C)Cc2c(F)cccc2Cl)c(OC)c1. The van der Waals surface area contributed by atoms with E-state index in [2.05, 4.69) is 0 Å². The number of nitrogens with zero attached hydrogens (tertiary/aromatic N) is 2. The summed E-state index contributed by atoms with van der Waals surface area (Å²) in [7, 11) is 0.675. The Morgan fingerprint density at radius 2 is 2.00 bits per heavy atom. The molecule has 2 aromatic carbocycles. The fraction of sp³-hybridized carbons (Fsp3) is 0.400. The van der Waals surface area contributed by atoms with Gasteiger partial charge < -0.3 is 9.47 Å². The Hall–Kier alpha value is -1.87. The molecule has 0 N–H and O–H groups in total. The van der Waals surface area contributed by atoms with Gasteiger partial charge in [0.25, 0.3) is 10.2 Å². The van der Waals surface area contributed by atoms with E-state index >= 15 is 0 Å². The van der Waals surface area contributed by atoms with Crippen LogP contribution in [0.3, 0.4) is 0 Å². The lowest BCUT2D eigenvalue weighted by molar-refractivity contribution is 0.332. The van der Waals surface area contributed by atoms with Crippen LogP contribution in [0.4, 0.5) is 4.39 Å². The smallest absolute Gasteiger partial charge is 0.282 e. The molecular formula is C20H24ClFN2O4S. The second kappa shape index (κ2) is 8.87. The molecule has 1 unspecified atom stereocenters. The second-order valence-electron chi connectivity index (χ2n) is 6.84. The molecular weight excluding hydrogens is 419 g/mol. The summed E-state index contributed by atoms with van der Waals surface area (Å²) in [6, 6.07) is 9.26. The van der Waals surface area contributed by atoms with Crippen LogP contribution in [0, 0.1) is 5.82 Å². The van der Waals surface area contributed by atoms with Gasteiger partial charge in [0.15, 0.2) is 0 Å². The lowest BCUT2D eigenvalue weighted by Gasteiger charge is -2.30. The van der Waals surface area contributed by atoms with Gasteiger partial charge in [0.2, 0.25) is 0 Å². The number of methoxy groups -OCH3 is 2. The molecule has 0 aliphatic carbocycles. The first-order valence-electron chi connectivity index (χ1n) is 9.17. The van der Waals surface area contributed by atoms with Gasteiger partial charge in [-0.15, -0.1) is 0 Å². The average Bonchev–Trinajstić information content (AvgIpc) is 3.20. The van der Waals surface area contributed by atoms with Crippen LogP contribution in [0.15, 0.2) is 36.4 Å². The molecule has 1 saturated heterocycles. The van der Waals surface area contributed by atoms with Gasteiger partial charge >= 0.3 is 0 Å². The van der Waals surface area contributed by atoms with Crippen LogP contribution in [0.5, 0.6) is 11.5 Å². The first kappa shape index (κ1) is 21.8. The monoisotopic (exact) mass is 442 g/mol. The summed E-state index contributed by atoms with van der Waals surface area (Å²) in [5, 5.41) is 0.196. The molecule has 3 rings (SSSR count). The van der Waals surface area contributed by atoms with Crippen LogP contribution < -0.4 is 9.47 Å². The fourth-order valence-electron chi connectivity index (χ4n) is 3.59. The predicted molar refractivity (Wildman–Crippen MR) is 110 cm³/mol. The topological polar surface area (TPSA) is 59.1 Å². The molecule has 2 aromatic rings. The molecule has 1 aliphatic rings. The first-order valence-corrected chi connectivity index (χ1v) is 10.9. The summed E-state index contributed by atoms with van der Waals surface area (Å²) in [5.74, 6) is 0.662. The lowest BCUT2D eigenvalue weighted by atomic mass is 10.0. The third kappa shape index (κ3) is 4.35. The summed E-state index contributed by atoms with van der Waals surface area (Å²) in [6.07, 6.45) is 1.38. The number of hydrogen-bond donors (Lipinski definition) is 0. The molecule has 1 atom stereocenters. The Morgan fingerprint density at radius 1 is 1.24 bits per heavy atom. The van der Waals surface area contributed by atoms with Crippen molar-refractivity contribution < 1.29 is 22.3 Å². The zero-order valence-corrected chi connectivity index (χ0v) is 18.1. The Kier molecular flexibility index (Phi) is 6.68. The normalized spacial score (nSPS) is 17.7. The van der Waals surface area contributed by atoms with Crippen molar-refractivity contribution in [3.63, 3.8) is 0 Å². The van der Waals surface area contributed by atoms with E-state index in [0.29, 0.717) is 30.9 Å². The van der Waals surface area contributed by atoms with Gasteiger partial charge in [-0.25, -0.2) is 4.39 Å². The highest BCUT2D eigenvalue weighted by molar-refractivity contribution is 7.86. The van der Waals surface area contributed by atoms with Gasteiger partial charge in [-0.2, -0.15) is 17.0 Å². The second-order valence-corrected chi connectivity index (χ2v) is 9.24. The van der Waals surface area contributed by atoms with Crippen molar-refractivity contribution in [3.8, 4) is 11.5 Å². The zero-order chi connectivity index (χ0) is 21.2. The van der Waals surface area contributed by atoms with E-state index in [-0.39, 0.29) is 23.2 Å². The van der Waals surface area contributed by atoms with E-state index in [1.807, 2.05) is 6.07 Å². The van der Waals surface area contributed by atoms with Gasteiger partial charge in [0.1, 0.15) is 17.3 Å². The Bertz CT molecular complexity index is 966. The summed E-state index contributed by atoms with van der Waals surface area (Å²) < 4.78 is 54.0. The summed E-state index contributed by atoms with van der Waals surface area (Å²) in [6.45, 7) is 0.217. The maximum atomic E-state index is 14.1. The fourth-order valence-corrected chi connectivity index (χ4v) is 5.36. The van der Waals surface area contributed by atoms with E-state index in [9.17, 15) is 12.8 Å². The van der Waals surface area contributed by atoms with Crippen molar-refractivity contribution in [3.05, 3.63) is 58.4 Å². The molecule has 6 nitrogen and oxygen atoms in total. The molecule has 1 fully saturated rings. The van der Waals surface area contributed by atoms with E-state index in [1.54, 1.807) is 32.4 Å². The van der Waals surface area contributed by atoms with E-state index in [1.165, 1.54) is 23.5 Å². The van der Waals surface area contributed by atoms with Crippen LogP contribution in [0.25, 0.3) is 0 Å². The standard InChI is InChI=1S/C20H24ClFN2O4S/c1-23(13-16-17(21)6-4-7-18(16)22)29(25,26)24-11-5-8-19(24)15-10-9-14(27-2)12-20(15)28-3/h4,6-7,9-10,12,19H,5,8,11,13H2,1-3H3. The highest BCUT2D eigenvalue weighted by Gasteiger charge is 2.39. The van der Waals surface area contributed by atoms with Gasteiger partial charge in [0.05, 0.1) is 20.3 Å². The van der Waals surface area contributed by atoms with Crippen molar-refractivity contribution in [1.82, 2.24) is 8.61 Å². The molecule has 0 radical (unpaired) electrons. The van der Waals surface area contributed by atoms with E-state index in [0.717, 1.165) is 9.87 Å². The van der Waals surface area contributed by atoms with Gasteiger partial charge in [-0.05, 0) is 31.0 Å². The largest absolute Gasteiger partial charge is 0.497 e. The van der Waals surface area contributed by atoms with Crippen molar-refractivity contribution >= 4 is 21.8 Å². The van der Waals surface area contributed by atoms with Crippen LogP contribution in [0.2, 0.25) is 5.02 Å². The van der Waals surface area contributed by atoms with E-state index < -0.39 is 16.0 Å². The van der Waals surface area contributed by atoms with Gasteiger partial charge in [-0.1, -0.05) is 23.7 Å². The van der Waals surface area contributed by atoms with Gasteiger partial charge in [0, 0.05) is 42.4 Å². The zero-order valence-electron chi connectivity index (χ0n) is 16.6. The number of benzene rings is 2. The van der Waals surface area contributed by atoms with Crippen molar-refractivity contribution in [2.45, 2.75) is 25.4 Å². The van der Waals surface area contributed by atoms with Crippen LogP contribution in [-0.2, 0) is 16.8 Å². The van der Waals surface area contributed by atoms with E-state index in [4.69, 9.17) is 21.1 Å². The minimum atomic E-state index is -3.85. The molecule has 0 bridgehead atoms. The predicted octanol–water partition coefficient (Wildman–Crippen LogP) is 4.01. The Balaban J connectivity index is 1.90. The van der Waals surface area contributed by atoms with Crippen LogP contribution in [-0.4, -0.2) is 44.8 Å². The minimum absolute atomic E-state index is 0.151. The number of hydrogen-bond acceptors (Lipinski definition) is 4. The quantitative estimate of drug-likeness (QED) is 0.650. The summed E-state index contributed by atoms with van der Waals surface area (Å²) >= 11 is 6.07. The molecule has 0 aromatic heterocycles. The maximum absolute atomic E-state index is 14.1. The summed E-state index contributed by atoms with van der Waals surface area (Å²) in [4.78, 5) is 0. The number of ether oxygens (including phenoxy) is 2. The Labute approximate surface area is 176 Å².